The summed E-state index contributed by atoms with van der Waals surface area (Å²) in [5, 5.41) is 0. The molecule has 228 valence electrons. The van der Waals surface area contributed by atoms with Crippen LogP contribution >= 0.6 is 0 Å². The van der Waals surface area contributed by atoms with E-state index in [0.29, 0.717) is 23.6 Å². The zero-order valence-electron chi connectivity index (χ0n) is 26.0. The van der Waals surface area contributed by atoms with Crippen molar-refractivity contribution in [2.75, 3.05) is 12.0 Å². The SMILES string of the molecule is COc1ccc(C2CCC3=C(C=CCC(OC(=O)C(C)(C)C)=C3)C2)c(N(C(=O)c2ccc(OC(C)=O)c(F)c2)C(C)C)c1. The van der Waals surface area contributed by atoms with Crippen molar-refractivity contribution in [2.45, 2.75) is 79.2 Å². The zero-order chi connectivity index (χ0) is 31.5. The summed E-state index contributed by atoms with van der Waals surface area (Å²) in [5.41, 5.74) is 3.56. The maximum atomic E-state index is 14.8. The summed E-state index contributed by atoms with van der Waals surface area (Å²) in [5.74, 6) is -0.940. The predicted octanol–water partition coefficient (Wildman–Crippen LogP) is 7.81. The van der Waals surface area contributed by atoms with Crippen LogP contribution in [0.5, 0.6) is 11.5 Å². The molecular weight excluding hydrogens is 549 g/mol. The molecule has 0 radical (unpaired) electrons. The number of hydrogen-bond donors (Lipinski definition) is 0. The van der Waals surface area contributed by atoms with E-state index >= 15 is 0 Å². The smallest absolute Gasteiger partial charge is 0.316 e. The molecule has 4 rings (SSSR count). The van der Waals surface area contributed by atoms with Gasteiger partial charge >= 0.3 is 11.9 Å². The van der Waals surface area contributed by atoms with Gasteiger partial charge in [0, 0.05) is 31.0 Å². The second-order valence-corrected chi connectivity index (χ2v) is 12.3. The number of carbonyl (C=O) groups excluding carboxylic acids is 3. The highest BCUT2D eigenvalue weighted by atomic mass is 19.1. The third-order valence-corrected chi connectivity index (χ3v) is 7.56. The Balaban J connectivity index is 1.68. The summed E-state index contributed by atoms with van der Waals surface area (Å²) in [6.45, 7) is 10.5. The van der Waals surface area contributed by atoms with Gasteiger partial charge in [0.1, 0.15) is 11.5 Å². The third-order valence-electron chi connectivity index (χ3n) is 7.56. The van der Waals surface area contributed by atoms with E-state index in [1.54, 1.807) is 12.0 Å². The van der Waals surface area contributed by atoms with Crippen molar-refractivity contribution in [3.63, 3.8) is 0 Å². The van der Waals surface area contributed by atoms with Crippen molar-refractivity contribution in [3.8, 4) is 11.5 Å². The number of amides is 1. The summed E-state index contributed by atoms with van der Waals surface area (Å²) < 4.78 is 30.9. The zero-order valence-corrected chi connectivity index (χ0v) is 26.0. The Kier molecular flexibility index (Phi) is 9.58. The Hall–Kier alpha value is -4.20. The molecule has 0 saturated heterocycles. The maximum absolute atomic E-state index is 14.8. The second kappa shape index (κ2) is 13.0. The third kappa shape index (κ3) is 7.42. The molecule has 0 saturated carbocycles. The van der Waals surface area contributed by atoms with Crippen LogP contribution in [0.1, 0.15) is 89.1 Å². The van der Waals surface area contributed by atoms with E-state index in [-0.39, 0.29) is 35.1 Å². The molecule has 0 heterocycles. The molecule has 1 atom stereocenters. The van der Waals surface area contributed by atoms with E-state index in [1.165, 1.54) is 24.6 Å². The normalized spacial score (nSPS) is 16.7. The Labute approximate surface area is 253 Å². The lowest BCUT2D eigenvalue weighted by atomic mass is 9.79. The molecule has 1 unspecified atom stereocenters. The first-order valence-corrected chi connectivity index (χ1v) is 14.6. The molecule has 0 N–H and O–H groups in total. The van der Waals surface area contributed by atoms with Crippen LogP contribution in [-0.4, -0.2) is 31.0 Å². The number of ether oxygens (including phenoxy) is 3. The van der Waals surface area contributed by atoms with Crippen molar-refractivity contribution >= 4 is 23.5 Å². The van der Waals surface area contributed by atoms with Crippen molar-refractivity contribution < 1.29 is 33.0 Å². The highest BCUT2D eigenvalue weighted by Gasteiger charge is 2.30. The minimum absolute atomic E-state index is 0.105. The van der Waals surface area contributed by atoms with Crippen LogP contribution in [0.15, 0.2) is 71.5 Å². The van der Waals surface area contributed by atoms with Gasteiger partial charge in [-0.25, -0.2) is 4.39 Å². The van der Waals surface area contributed by atoms with Crippen LogP contribution in [0.25, 0.3) is 0 Å². The number of halogens is 1. The number of anilines is 1. The van der Waals surface area contributed by atoms with E-state index < -0.39 is 17.2 Å². The summed E-state index contributed by atoms with van der Waals surface area (Å²) in [4.78, 5) is 39.4. The fourth-order valence-corrected chi connectivity index (χ4v) is 5.35. The van der Waals surface area contributed by atoms with Crippen molar-refractivity contribution in [3.05, 3.63) is 88.5 Å². The first kappa shape index (κ1) is 31.7. The van der Waals surface area contributed by atoms with Crippen LogP contribution in [0.3, 0.4) is 0 Å². The molecule has 2 aliphatic carbocycles. The first-order chi connectivity index (χ1) is 20.3. The van der Waals surface area contributed by atoms with Crippen LogP contribution in [0.4, 0.5) is 10.1 Å². The Morgan fingerprint density at radius 3 is 2.40 bits per heavy atom. The van der Waals surface area contributed by atoms with Gasteiger partial charge in [0.05, 0.1) is 18.2 Å². The van der Waals surface area contributed by atoms with Crippen LogP contribution in [0, 0.1) is 11.2 Å². The fraction of sp³-hybridized carbons (Fsp3) is 0.400. The second-order valence-electron chi connectivity index (χ2n) is 12.3. The van der Waals surface area contributed by atoms with E-state index in [1.807, 2.05) is 65.0 Å². The summed E-state index contributed by atoms with van der Waals surface area (Å²) in [6.07, 6.45) is 9.03. The van der Waals surface area contributed by atoms with Crippen molar-refractivity contribution in [2.24, 2.45) is 5.41 Å². The summed E-state index contributed by atoms with van der Waals surface area (Å²) in [6, 6.07) is 9.35. The lowest BCUT2D eigenvalue weighted by Crippen LogP contribution is -2.38. The number of benzene rings is 2. The van der Waals surface area contributed by atoms with Gasteiger partial charge in [-0.1, -0.05) is 18.2 Å². The molecule has 2 aromatic carbocycles. The lowest BCUT2D eigenvalue weighted by Gasteiger charge is -2.33. The Bertz CT molecular complexity index is 1510. The summed E-state index contributed by atoms with van der Waals surface area (Å²) in [7, 11) is 1.58. The molecule has 2 aliphatic rings. The molecule has 43 heavy (non-hydrogen) atoms. The number of allylic oxidation sites excluding steroid dienone is 5. The quantitative estimate of drug-likeness (QED) is 0.242. The largest absolute Gasteiger partial charge is 0.497 e. The molecule has 0 aromatic heterocycles. The predicted molar refractivity (Wildman–Crippen MR) is 164 cm³/mol. The molecule has 7 nitrogen and oxygen atoms in total. The van der Waals surface area contributed by atoms with Gasteiger partial charge in [0.25, 0.3) is 5.91 Å². The number of nitrogens with zero attached hydrogens (tertiary/aromatic N) is 1. The number of esters is 2. The summed E-state index contributed by atoms with van der Waals surface area (Å²) >= 11 is 0. The molecule has 0 aliphatic heterocycles. The minimum Gasteiger partial charge on any atom is -0.497 e. The molecule has 2 aromatic rings. The van der Waals surface area contributed by atoms with Gasteiger partial charge in [0.15, 0.2) is 11.6 Å². The Morgan fingerprint density at radius 1 is 1.02 bits per heavy atom. The lowest BCUT2D eigenvalue weighted by molar-refractivity contribution is -0.148. The number of rotatable bonds is 7. The number of methoxy groups -OCH3 is 1. The monoisotopic (exact) mass is 589 g/mol. The van der Waals surface area contributed by atoms with Crippen molar-refractivity contribution in [1.29, 1.82) is 0 Å². The topological polar surface area (TPSA) is 82.1 Å². The van der Waals surface area contributed by atoms with E-state index in [0.717, 1.165) is 36.5 Å². The van der Waals surface area contributed by atoms with Gasteiger partial charge in [-0.3, -0.25) is 14.4 Å². The van der Waals surface area contributed by atoms with Gasteiger partial charge in [-0.05, 0) is 107 Å². The van der Waals surface area contributed by atoms with Gasteiger partial charge in [-0.2, -0.15) is 0 Å². The van der Waals surface area contributed by atoms with Crippen LogP contribution < -0.4 is 14.4 Å². The van der Waals surface area contributed by atoms with Crippen LogP contribution in [-0.2, 0) is 14.3 Å². The average molecular weight is 590 g/mol. The maximum Gasteiger partial charge on any atom is 0.316 e. The average Bonchev–Trinajstić information content (AvgIpc) is 3.14. The molecule has 0 fully saturated rings. The van der Waals surface area contributed by atoms with Crippen LogP contribution in [0.2, 0.25) is 0 Å². The highest BCUT2D eigenvalue weighted by Crippen LogP contribution is 2.44. The van der Waals surface area contributed by atoms with E-state index in [2.05, 4.69) is 6.08 Å². The van der Waals surface area contributed by atoms with Gasteiger partial charge < -0.3 is 19.1 Å². The molecular formula is C35H40FNO6. The first-order valence-electron chi connectivity index (χ1n) is 14.6. The highest BCUT2D eigenvalue weighted by molar-refractivity contribution is 6.07. The van der Waals surface area contributed by atoms with Gasteiger partial charge in [0.2, 0.25) is 0 Å². The number of hydrogen-bond acceptors (Lipinski definition) is 6. The van der Waals surface area contributed by atoms with Crippen molar-refractivity contribution in [1.82, 2.24) is 0 Å². The minimum atomic E-state index is -0.789. The van der Waals surface area contributed by atoms with E-state index in [9.17, 15) is 18.8 Å². The molecule has 1 amide bonds. The number of carbonyl (C=O) groups is 3. The molecule has 0 bridgehead atoms. The van der Waals surface area contributed by atoms with Gasteiger partial charge in [-0.15, -0.1) is 0 Å². The van der Waals surface area contributed by atoms with E-state index in [4.69, 9.17) is 14.2 Å². The standard InChI is InChI=1S/C35H40FNO6/c1-21(2)37(33(39)26-13-16-32(30(36)19-26)42-22(3)38)31-20-27(41-7)14-15-29(31)25-12-11-24-18-28(10-8-9-23(24)17-25)43-34(40)35(4,5)6/h8-9,13-16,18-21,25H,10-12,17H2,1-7H3. The Morgan fingerprint density at radius 2 is 1.77 bits per heavy atom. The molecule has 8 heteroatoms. The fourth-order valence-electron chi connectivity index (χ4n) is 5.35. The molecule has 0 spiro atoms.